The minimum Gasteiger partial charge on any atom is -0.387 e. The summed E-state index contributed by atoms with van der Waals surface area (Å²) in [6, 6.07) is 11.1. The molecule has 1 saturated heterocycles. The maximum absolute atomic E-state index is 12.6. The summed E-state index contributed by atoms with van der Waals surface area (Å²) in [5.41, 5.74) is 0.553. The fourth-order valence-electron chi connectivity index (χ4n) is 3.80. The van der Waals surface area contributed by atoms with E-state index in [2.05, 4.69) is 4.98 Å². The van der Waals surface area contributed by atoms with Crippen LogP contribution < -0.4 is 5.56 Å². The van der Waals surface area contributed by atoms with Gasteiger partial charge in [-0.1, -0.05) is 18.2 Å². The van der Waals surface area contributed by atoms with Crippen LogP contribution in [0.4, 0.5) is 0 Å². The molecule has 28 heavy (non-hydrogen) atoms. The van der Waals surface area contributed by atoms with Gasteiger partial charge in [-0.25, -0.2) is 4.98 Å². The van der Waals surface area contributed by atoms with Gasteiger partial charge in [0.1, 0.15) is 0 Å². The van der Waals surface area contributed by atoms with E-state index in [4.69, 9.17) is 0 Å². The minimum absolute atomic E-state index is 0.0455. The number of hydrogen-bond donors (Lipinski definition) is 1. The number of para-hydroxylation sites is 1. The molecule has 0 radical (unpaired) electrons. The average Bonchev–Trinajstić information content (AvgIpc) is 3.28. The van der Waals surface area contributed by atoms with Gasteiger partial charge >= 0.3 is 0 Å². The first-order valence-corrected chi connectivity index (χ1v) is 10.4. The predicted molar refractivity (Wildman–Crippen MR) is 109 cm³/mol. The van der Waals surface area contributed by atoms with E-state index in [0.717, 1.165) is 17.7 Å². The van der Waals surface area contributed by atoms with Crippen molar-refractivity contribution in [1.29, 1.82) is 0 Å². The lowest BCUT2D eigenvalue weighted by Crippen LogP contribution is -2.40. The zero-order valence-electron chi connectivity index (χ0n) is 15.5. The van der Waals surface area contributed by atoms with E-state index in [0.29, 0.717) is 30.5 Å². The fourth-order valence-corrected chi connectivity index (χ4v) is 4.60. The van der Waals surface area contributed by atoms with Gasteiger partial charge in [0, 0.05) is 30.9 Å². The molecule has 0 aliphatic carbocycles. The van der Waals surface area contributed by atoms with Gasteiger partial charge in [0.05, 0.1) is 23.3 Å². The Labute approximate surface area is 167 Å². The number of hydrogen-bond acceptors (Lipinski definition) is 5. The van der Waals surface area contributed by atoms with E-state index >= 15 is 0 Å². The number of fused-ring (bicyclic) bond motifs is 1. The maximum atomic E-state index is 12.6. The van der Waals surface area contributed by atoms with Crippen molar-refractivity contribution in [3.8, 4) is 0 Å². The third kappa shape index (κ3) is 3.86. The molecule has 3 aromatic rings. The van der Waals surface area contributed by atoms with Crippen molar-refractivity contribution >= 4 is 28.1 Å². The van der Waals surface area contributed by atoms with Crippen LogP contribution in [0.3, 0.4) is 0 Å². The summed E-state index contributed by atoms with van der Waals surface area (Å²) >= 11 is 1.57. The summed E-state index contributed by atoms with van der Waals surface area (Å²) in [5.74, 6) is 0.235. The van der Waals surface area contributed by atoms with E-state index in [1.54, 1.807) is 23.5 Å². The molecular weight excluding hydrogens is 374 g/mol. The summed E-state index contributed by atoms with van der Waals surface area (Å²) in [6.45, 7) is 1.63. The molecule has 3 heterocycles. The molecule has 7 heteroatoms. The highest BCUT2D eigenvalue weighted by molar-refractivity contribution is 7.10. The molecule has 1 fully saturated rings. The number of aliphatic hydroxyl groups excluding tert-OH is 1. The molecule has 0 saturated carbocycles. The maximum Gasteiger partial charge on any atom is 0.261 e. The number of amides is 1. The van der Waals surface area contributed by atoms with Gasteiger partial charge in [-0.05, 0) is 42.3 Å². The van der Waals surface area contributed by atoms with Gasteiger partial charge in [0.15, 0.2) is 0 Å². The molecule has 2 aromatic heterocycles. The number of benzene rings is 1. The minimum atomic E-state index is -0.445. The van der Waals surface area contributed by atoms with Crippen LogP contribution in [-0.4, -0.2) is 38.6 Å². The largest absolute Gasteiger partial charge is 0.387 e. The van der Waals surface area contributed by atoms with Gasteiger partial charge in [-0.15, -0.1) is 11.3 Å². The summed E-state index contributed by atoms with van der Waals surface area (Å²) in [4.78, 5) is 32.2. The highest BCUT2D eigenvalue weighted by Crippen LogP contribution is 2.33. The number of piperidine rings is 1. The van der Waals surface area contributed by atoms with Gasteiger partial charge in [-0.2, -0.15) is 0 Å². The first kappa shape index (κ1) is 18.8. The topological polar surface area (TPSA) is 75.4 Å². The first-order chi connectivity index (χ1) is 13.6. The Morgan fingerprint density at radius 3 is 2.75 bits per heavy atom. The van der Waals surface area contributed by atoms with Crippen LogP contribution in [-0.2, 0) is 11.3 Å². The molecule has 1 unspecified atom stereocenters. The SMILES string of the molecule is O=C(CCn1cnc2ccccc2c1=O)N1CCC(C(O)c2cccs2)CC1. The van der Waals surface area contributed by atoms with E-state index in [1.807, 2.05) is 34.5 Å². The monoisotopic (exact) mass is 397 g/mol. The van der Waals surface area contributed by atoms with Crippen molar-refractivity contribution in [2.45, 2.75) is 31.9 Å². The van der Waals surface area contributed by atoms with Crippen LogP contribution in [0.25, 0.3) is 10.9 Å². The van der Waals surface area contributed by atoms with Crippen LogP contribution in [0.15, 0.2) is 52.9 Å². The smallest absolute Gasteiger partial charge is 0.261 e. The lowest BCUT2D eigenvalue weighted by molar-refractivity contribution is -0.133. The summed E-state index contributed by atoms with van der Waals surface area (Å²) < 4.78 is 1.51. The standard InChI is InChI=1S/C21H23N3O3S/c25-19(9-12-24-14-22-17-5-2-1-4-16(17)21(24)27)23-10-7-15(8-11-23)20(26)18-6-3-13-28-18/h1-6,13-15,20,26H,7-12H2. The third-order valence-corrected chi connectivity index (χ3v) is 6.41. The molecule has 1 aliphatic rings. The van der Waals surface area contributed by atoms with Gasteiger partial charge in [-0.3, -0.25) is 14.2 Å². The van der Waals surface area contributed by atoms with Gasteiger partial charge in [0.2, 0.25) is 5.91 Å². The van der Waals surface area contributed by atoms with Crippen LogP contribution in [0.1, 0.15) is 30.2 Å². The van der Waals surface area contributed by atoms with Crippen molar-refractivity contribution in [3.05, 3.63) is 63.3 Å². The van der Waals surface area contributed by atoms with Gasteiger partial charge in [0.25, 0.3) is 5.56 Å². The number of carbonyl (C=O) groups excluding carboxylic acids is 1. The summed E-state index contributed by atoms with van der Waals surface area (Å²) in [6.07, 6.45) is 2.93. The number of thiophene rings is 1. The molecule has 0 spiro atoms. The average molecular weight is 398 g/mol. The van der Waals surface area contributed by atoms with Crippen molar-refractivity contribution in [2.24, 2.45) is 5.92 Å². The second-order valence-electron chi connectivity index (χ2n) is 7.19. The van der Waals surface area contributed by atoms with Crippen LogP contribution >= 0.6 is 11.3 Å². The predicted octanol–water partition coefficient (Wildman–Crippen LogP) is 2.82. The zero-order chi connectivity index (χ0) is 19.5. The van der Waals surface area contributed by atoms with Crippen molar-refractivity contribution in [3.63, 3.8) is 0 Å². The van der Waals surface area contributed by atoms with Crippen molar-refractivity contribution < 1.29 is 9.90 Å². The lowest BCUT2D eigenvalue weighted by Gasteiger charge is -2.34. The Balaban J connectivity index is 1.33. The molecule has 0 bridgehead atoms. The Bertz CT molecular complexity index is 1010. The number of carbonyl (C=O) groups is 1. The van der Waals surface area contributed by atoms with Crippen molar-refractivity contribution in [2.75, 3.05) is 13.1 Å². The highest BCUT2D eigenvalue weighted by atomic mass is 32.1. The van der Waals surface area contributed by atoms with E-state index in [-0.39, 0.29) is 23.8 Å². The normalized spacial score (nSPS) is 16.4. The first-order valence-electron chi connectivity index (χ1n) is 9.57. The number of likely N-dealkylation sites (tertiary alicyclic amines) is 1. The number of nitrogens with zero attached hydrogens (tertiary/aromatic N) is 3. The van der Waals surface area contributed by atoms with Crippen LogP contribution in [0, 0.1) is 5.92 Å². The Morgan fingerprint density at radius 1 is 1.21 bits per heavy atom. The van der Waals surface area contributed by atoms with E-state index in [9.17, 15) is 14.7 Å². The number of aliphatic hydroxyl groups is 1. The summed E-state index contributed by atoms with van der Waals surface area (Å²) in [7, 11) is 0. The molecular formula is C21H23N3O3S. The molecule has 1 amide bonds. The number of rotatable bonds is 5. The molecule has 146 valence electrons. The lowest BCUT2D eigenvalue weighted by atomic mass is 9.90. The second-order valence-corrected chi connectivity index (χ2v) is 8.17. The number of aromatic nitrogens is 2. The molecule has 1 N–H and O–H groups in total. The molecule has 1 atom stereocenters. The molecule has 6 nitrogen and oxygen atoms in total. The fraction of sp³-hybridized carbons (Fsp3) is 0.381. The number of aryl methyl sites for hydroxylation is 1. The highest BCUT2D eigenvalue weighted by Gasteiger charge is 2.28. The Morgan fingerprint density at radius 2 is 2.00 bits per heavy atom. The van der Waals surface area contributed by atoms with Crippen LogP contribution in [0.5, 0.6) is 0 Å². The van der Waals surface area contributed by atoms with E-state index in [1.165, 1.54) is 10.9 Å². The quantitative estimate of drug-likeness (QED) is 0.718. The third-order valence-electron chi connectivity index (χ3n) is 5.47. The van der Waals surface area contributed by atoms with E-state index < -0.39 is 6.10 Å². The van der Waals surface area contributed by atoms with Crippen molar-refractivity contribution in [1.82, 2.24) is 14.5 Å². The molecule has 4 rings (SSSR count). The van der Waals surface area contributed by atoms with Gasteiger partial charge < -0.3 is 10.0 Å². The Hall–Kier alpha value is -2.51. The molecule has 1 aliphatic heterocycles. The molecule has 1 aromatic carbocycles. The Kier molecular flexibility index (Phi) is 5.54. The zero-order valence-corrected chi connectivity index (χ0v) is 16.3. The van der Waals surface area contributed by atoms with Crippen LogP contribution in [0.2, 0.25) is 0 Å². The second kappa shape index (κ2) is 8.24. The summed E-state index contributed by atoms with van der Waals surface area (Å²) in [5, 5.41) is 13.0.